The maximum atomic E-state index is 5.84. The highest BCUT2D eigenvalue weighted by molar-refractivity contribution is 4.90. The molecular weight excluding hydrogens is 190 g/mol. The lowest BCUT2D eigenvalue weighted by Gasteiger charge is -2.27. The summed E-state index contributed by atoms with van der Waals surface area (Å²) >= 11 is 0. The molecule has 2 N–H and O–H groups in total. The maximum Gasteiger partial charge on any atom is 0.147 e. The molecule has 0 aromatic rings. The van der Waals surface area contributed by atoms with E-state index in [4.69, 9.17) is 15.2 Å². The van der Waals surface area contributed by atoms with Crippen molar-refractivity contribution in [2.45, 2.75) is 44.6 Å². The third-order valence-corrected chi connectivity index (χ3v) is 3.68. The predicted molar refractivity (Wildman–Crippen MR) is 59.4 cm³/mol. The van der Waals surface area contributed by atoms with Crippen LogP contribution in [0, 0.1) is 11.8 Å². The van der Waals surface area contributed by atoms with Crippen molar-refractivity contribution in [1.82, 2.24) is 0 Å². The van der Waals surface area contributed by atoms with Gasteiger partial charge in [-0.25, -0.2) is 0 Å². The van der Waals surface area contributed by atoms with Crippen LogP contribution in [-0.4, -0.2) is 25.5 Å². The van der Waals surface area contributed by atoms with E-state index in [0.29, 0.717) is 13.3 Å². The minimum atomic E-state index is -0.0804. The smallest absolute Gasteiger partial charge is 0.147 e. The highest BCUT2D eigenvalue weighted by Crippen LogP contribution is 2.36. The summed E-state index contributed by atoms with van der Waals surface area (Å²) in [5, 5.41) is 0. The molecule has 2 aliphatic rings. The predicted octanol–water partition coefficient (Wildman–Crippen LogP) is 1.90. The Hall–Kier alpha value is -0.120. The second kappa shape index (κ2) is 4.81. The van der Waals surface area contributed by atoms with Gasteiger partial charge in [-0.05, 0) is 43.9 Å². The molecule has 0 saturated heterocycles. The molecule has 0 amide bonds. The Labute approximate surface area is 92.3 Å². The highest BCUT2D eigenvalue weighted by atomic mass is 16.7. The highest BCUT2D eigenvalue weighted by Gasteiger charge is 2.37. The Kier molecular flexibility index (Phi) is 3.65. The number of hydrogen-bond acceptors (Lipinski definition) is 3. The first-order chi connectivity index (χ1) is 7.24. The van der Waals surface area contributed by atoms with Crippen LogP contribution < -0.4 is 5.73 Å². The van der Waals surface area contributed by atoms with Crippen molar-refractivity contribution in [1.29, 1.82) is 0 Å². The molecule has 0 radical (unpaired) electrons. The fourth-order valence-corrected chi connectivity index (χ4v) is 2.39. The molecule has 15 heavy (non-hydrogen) atoms. The van der Waals surface area contributed by atoms with Crippen LogP contribution in [0.4, 0.5) is 0 Å². The van der Waals surface area contributed by atoms with Crippen LogP contribution in [0.2, 0.25) is 0 Å². The Morgan fingerprint density at radius 1 is 1.33 bits per heavy atom. The zero-order valence-electron chi connectivity index (χ0n) is 9.71. The zero-order chi connectivity index (χ0) is 10.7. The third-order valence-electron chi connectivity index (χ3n) is 3.68. The topological polar surface area (TPSA) is 44.5 Å². The molecule has 3 nitrogen and oxygen atoms in total. The quantitative estimate of drug-likeness (QED) is 0.541. The van der Waals surface area contributed by atoms with Crippen LogP contribution in [0.15, 0.2) is 0 Å². The Bertz CT molecular complexity index is 206. The number of nitrogens with two attached hydrogens (primary N) is 1. The van der Waals surface area contributed by atoms with Crippen molar-refractivity contribution in [2.75, 3.05) is 19.9 Å². The summed E-state index contributed by atoms with van der Waals surface area (Å²) in [4.78, 5) is 0. The molecule has 3 heteroatoms. The summed E-state index contributed by atoms with van der Waals surface area (Å²) in [7, 11) is 0. The molecule has 2 atom stereocenters. The van der Waals surface area contributed by atoms with E-state index < -0.39 is 0 Å². The van der Waals surface area contributed by atoms with Crippen molar-refractivity contribution in [3.8, 4) is 0 Å². The molecule has 0 spiro atoms. The van der Waals surface area contributed by atoms with E-state index in [1.807, 2.05) is 0 Å². The van der Waals surface area contributed by atoms with Crippen molar-refractivity contribution >= 4 is 0 Å². The second-order valence-corrected chi connectivity index (χ2v) is 5.31. The molecule has 2 fully saturated rings. The molecule has 0 aromatic heterocycles. The Balaban J connectivity index is 1.65. The van der Waals surface area contributed by atoms with Crippen LogP contribution in [0.3, 0.4) is 0 Å². The van der Waals surface area contributed by atoms with E-state index in [-0.39, 0.29) is 5.60 Å². The van der Waals surface area contributed by atoms with Gasteiger partial charge >= 0.3 is 0 Å². The first kappa shape index (κ1) is 11.4. The van der Waals surface area contributed by atoms with Gasteiger partial charge < -0.3 is 15.2 Å². The van der Waals surface area contributed by atoms with E-state index in [1.54, 1.807) is 0 Å². The fraction of sp³-hybridized carbons (Fsp3) is 1.00. The van der Waals surface area contributed by atoms with Crippen LogP contribution >= 0.6 is 0 Å². The zero-order valence-corrected chi connectivity index (χ0v) is 9.71. The van der Waals surface area contributed by atoms with E-state index >= 15 is 0 Å². The molecule has 0 aromatic carbocycles. The van der Waals surface area contributed by atoms with Crippen LogP contribution in [0.1, 0.15) is 39.0 Å². The van der Waals surface area contributed by atoms with Crippen molar-refractivity contribution in [3.63, 3.8) is 0 Å². The van der Waals surface area contributed by atoms with E-state index in [0.717, 1.165) is 31.3 Å². The monoisotopic (exact) mass is 213 g/mol. The largest absolute Gasteiger partial charge is 0.355 e. The molecule has 0 heterocycles. The summed E-state index contributed by atoms with van der Waals surface area (Å²) in [5.41, 5.74) is 5.72. The maximum absolute atomic E-state index is 5.84. The van der Waals surface area contributed by atoms with Gasteiger partial charge in [-0.3, -0.25) is 0 Å². The SMILES string of the molecule is CC1CCC(CN)(OCOCC2CC2)C1. The summed E-state index contributed by atoms with van der Waals surface area (Å²) in [6.07, 6.45) is 6.09. The molecular formula is C12H23NO2. The molecule has 2 rings (SSSR count). The first-order valence-corrected chi connectivity index (χ1v) is 6.16. The van der Waals surface area contributed by atoms with Gasteiger partial charge in [-0.15, -0.1) is 0 Å². The lowest BCUT2D eigenvalue weighted by atomic mass is 10.0. The standard InChI is InChI=1S/C12H23NO2/c1-10-4-5-12(6-10,8-13)15-9-14-7-11-2-3-11/h10-11H,2-9,13H2,1H3. The summed E-state index contributed by atoms with van der Waals surface area (Å²) in [6, 6.07) is 0. The van der Waals surface area contributed by atoms with Crippen LogP contribution in [0.25, 0.3) is 0 Å². The van der Waals surface area contributed by atoms with E-state index in [2.05, 4.69) is 6.92 Å². The van der Waals surface area contributed by atoms with Gasteiger partial charge in [0.1, 0.15) is 6.79 Å². The van der Waals surface area contributed by atoms with Crippen LogP contribution in [0.5, 0.6) is 0 Å². The van der Waals surface area contributed by atoms with Gasteiger partial charge in [0.15, 0.2) is 0 Å². The Morgan fingerprint density at radius 3 is 2.67 bits per heavy atom. The van der Waals surface area contributed by atoms with Gasteiger partial charge in [-0.1, -0.05) is 6.92 Å². The van der Waals surface area contributed by atoms with E-state index in [9.17, 15) is 0 Å². The number of rotatable bonds is 6. The third kappa shape index (κ3) is 3.16. The summed E-state index contributed by atoms with van der Waals surface area (Å²) in [6.45, 7) is 4.20. The normalized spacial score (nSPS) is 36.0. The van der Waals surface area contributed by atoms with Gasteiger partial charge in [0.2, 0.25) is 0 Å². The minimum Gasteiger partial charge on any atom is -0.355 e. The Morgan fingerprint density at radius 2 is 2.13 bits per heavy atom. The van der Waals surface area contributed by atoms with Crippen molar-refractivity contribution in [2.24, 2.45) is 17.6 Å². The van der Waals surface area contributed by atoms with Crippen molar-refractivity contribution < 1.29 is 9.47 Å². The van der Waals surface area contributed by atoms with E-state index in [1.165, 1.54) is 19.3 Å². The second-order valence-electron chi connectivity index (χ2n) is 5.31. The lowest BCUT2D eigenvalue weighted by molar-refractivity contribution is -0.138. The van der Waals surface area contributed by atoms with Gasteiger partial charge in [0, 0.05) is 6.54 Å². The van der Waals surface area contributed by atoms with Gasteiger partial charge in [-0.2, -0.15) is 0 Å². The minimum absolute atomic E-state index is 0.0804. The molecule has 2 aliphatic carbocycles. The average Bonchev–Trinajstić information content (AvgIpc) is 2.98. The lowest BCUT2D eigenvalue weighted by Crippen LogP contribution is -2.39. The van der Waals surface area contributed by atoms with Crippen LogP contribution in [-0.2, 0) is 9.47 Å². The first-order valence-electron chi connectivity index (χ1n) is 6.16. The molecule has 2 saturated carbocycles. The summed E-state index contributed by atoms with van der Waals surface area (Å²) in [5.74, 6) is 1.56. The average molecular weight is 213 g/mol. The van der Waals surface area contributed by atoms with Gasteiger partial charge in [0.25, 0.3) is 0 Å². The molecule has 0 bridgehead atoms. The van der Waals surface area contributed by atoms with Gasteiger partial charge in [0.05, 0.1) is 12.2 Å². The molecule has 0 aliphatic heterocycles. The van der Waals surface area contributed by atoms with Crippen molar-refractivity contribution in [3.05, 3.63) is 0 Å². The number of hydrogen-bond donors (Lipinski definition) is 1. The fourth-order valence-electron chi connectivity index (χ4n) is 2.39. The molecule has 2 unspecified atom stereocenters. The summed E-state index contributed by atoms with van der Waals surface area (Å²) < 4.78 is 11.3. The molecule has 88 valence electrons. The number of ether oxygens (including phenoxy) is 2.